The molecule has 19 heavy (non-hydrogen) atoms. The number of nitrogens with one attached hydrogen (secondary N) is 1. The number of nitrogens with zero attached hydrogens (tertiary/aromatic N) is 1. The van der Waals surface area contributed by atoms with E-state index in [0.717, 1.165) is 38.5 Å². The first-order chi connectivity index (χ1) is 9.15. The van der Waals surface area contributed by atoms with Gasteiger partial charge in [-0.3, -0.25) is 0 Å². The zero-order valence-electron chi connectivity index (χ0n) is 11.6. The molecule has 2 aliphatic rings. The fourth-order valence-corrected chi connectivity index (χ4v) is 3.50. The van der Waals surface area contributed by atoms with E-state index < -0.39 is 12.0 Å². The van der Waals surface area contributed by atoms with Gasteiger partial charge in [-0.15, -0.1) is 0 Å². The third-order valence-electron chi connectivity index (χ3n) is 4.46. The van der Waals surface area contributed by atoms with Crippen molar-refractivity contribution >= 4 is 12.0 Å². The molecule has 0 bridgehead atoms. The molecular formula is C14H24N2O3. The van der Waals surface area contributed by atoms with Gasteiger partial charge in [-0.2, -0.15) is 0 Å². The maximum atomic E-state index is 12.1. The summed E-state index contributed by atoms with van der Waals surface area (Å²) >= 11 is 0. The number of unbranched alkanes of at least 4 members (excludes halogenated alkanes) is 2. The zero-order valence-corrected chi connectivity index (χ0v) is 11.6. The molecule has 5 nitrogen and oxygen atoms in total. The topological polar surface area (TPSA) is 69.6 Å². The number of likely N-dealkylation sites (tertiary alicyclic amines) is 1. The van der Waals surface area contributed by atoms with Crippen LogP contribution in [-0.4, -0.2) is 41.1 Å². The molecule has 3 unspecified atom stereocenters. The van der Waals surface area contributed by atoms with Gasteiger partial charge in [0.25, 0.3) is 0 Å². The van der Waals surface area contributed by atoms with Crippen molar-refractivity contribution in [3.8, 4) is 0 Å². The minimum absolute atomic E-state index is 0.166. The van der Waals surface area contributed by atoms with Gasteiger partial charge in [-0.25, -0.2) is 9.59 Å². The lowest BCUT2D eigenvalue weighted by Crippen LogP contribution is -2.48. The first-order valence-electron chi connectivity index (χ1n) is 7.42. The Kier molecular flexibility index (Phi) is 4.66. The van der Waals surface area contributed by atoms with E-state index in [0.29, 0.717) is 19.0 Å². The standard InChI is InChI=1S/C14H24N2O3/c1-2-3-4-8-15-14(19)16-9-10-6-5-7-11(10)12(16)13(17)18/h10-12H,2-9H2,1H3,(H,15,19)(H,17,18). The molecule has 1 saturated heterocycles. The number of amides is 2. The predicted octanol–water partition coefficient (Wildman–Crippen LogP) is 2.07. The van der Waals surface area contributed by atoms with Crippen LogP contribution in [0.15, 0.2) is 0 Å². The van der Waals surface area contributed by atoms with Crippen molar-refractivity contribution in [2.24, 2.45) is 11.8 Å². The van der Waals surface area contributed by atoms with Crippen molar-refractivity contribution in [1.82, 2.24) is 10.2 Å². The van der Waals surface area contributed by atoms with Crippen molar-refractivity contribution in [3.05, 3.63) is 0 Å². The summed E-state index contributed by atoms with van der Waals surface area (Å²) in [5, 5.41) is 12.2. The van der Waals surface area contributed by atoms with E-state index in [1.165, 1.54) is 0 Å². The maximum absolute atomic E-state index is 12.1. The number of carbonyl (C=O) groups is 2. The van der Waals surface area contributed by atoms with Crippen molar-refractivity contribution in [2.45, 2.75) is 51.5 Å². The summed E-state index contributed by atoms with van der Waals surface area (Å²) in [5.74, 6) is -0.292. The Balaban J connectivity index is 1.91. The van der Waals surface area contributed by atoms with Gasteiger partial charge in [0.2, 0.25) is 0 Å². The van der Waals surface area contributed by atoms with Crippen LogP contribution in [0.25, 0.3) is 0 Å². The molecule has 0 aromatic carbocycles. The SMILES string of the molecule is CCCCCNC(=O)N1CC2CCCC2C1C(=O)O. The smallest absolute Gasteiger partial charge is 0.326 e. The highest BCUT2D eigenvalue weighted by Gasteiger charge is 2.49. The van der Waals surface area contributed by atoms with Crippen LogP contribution < -0.4 is 5.32 Å². The lowest BCUT2D eigenvalue weighted by atomic mass is 9.94. The fourth-order valence-electron chi connectivity index (χ4n) is 3.50. The quantitative estimate of drug-likeness (QED) is 0.750. The Morgan fingerprint density at radius 3 is 2.79 bits per heavy atom. The molecule has 0 aromatic rings. The molecule has 1 saturated carbocycles. The second-order valence-electron chi connectivity index (χ2n) is 5.73. The van der Waals surface area contributed by atoms with Gasteiger partial charge in [0.1, 0.15) is 6.04 Å². The van der Waals surface area contributed by atoms with Gasteiger partial charge in [-0.05, 0) is 31.1 Å². The van der Waals surface area contributed by atoms with Crippen LogP contribution in [0.4, 0.5) is 4.79 Å². The van der Waals surface area contributed by atoms with Gasteiger partial charge < -0.3 is 15.3 Å². The number of carbonyl (C=O) groups excluding carboxylic acids is 1. The van der Waals surface area contributed by atoms with Crippen LogP contribution in [0, 0.1) is 11.8 Å². The Hall–Kier alpha value is -1.26. The number of rotatable bonds is 5. The molecule has 0 radical (unpaired) electrons. The summed E-state index contributed by atoms with van der Waals surface area (Å²) in [7, 11) is 0. The van der Waals surface area contributed by atoms with E-state index in [2.05, 4.69) is 12.2 Å². The van der Waals surface area contributed by atoms with Gasteiger partial charge in [-0.1, -0.05) is 26.2 Å². The number of hydrogen-bond donors (Lipinski definition) is 2. The molecule has 1 aliphatic carbocycles. The monoisotopic (exact) mass is 268 g/mol. The van der Waals surface area contributed by atoms with Crippen molar-refractivity contribution in [3.63, 3.8) is 0 Å². The highest BCUT2D eigenvalue weighted by Crippen LogP contribution is 2.42. The number of carboxylic acid groups (broad SMARTS) is 1. The second kappa shape index (κ2) is 6.26. The molecule has 3 atom stereocenters. The number of urea groups is 1. The Morgan fingerprint density at radius 2 is 2.11 bits per heavy atom. The van der Waals surface area contributed by atoms with E-state index in [-0.39, 0.29) is 11.9 Å². The highest BCUT2D eigenvalue weighted by atomic mass is 16.4. The second-order valence-corrected chi connectivity index (χ2v) is 5.73. The van der Waals surface area contributed by atoms with Gasteiger partial charge in [0, 0.05) is 13.1 Å². The van der Waals surface area contributed by atoms with Crippen LogP contribution in [0.5, 0.6) is 0 Å². The number of fused-ring (bicyclic) bond motifs is 1. The molecule has 2 fully saturated rings. The predicted molar refractivity (Wildman–Crippen MR) is 71.9 cm³/mol. The summed E-state index contributed by atoms with van der Waals surface area (Å²) in [6.45, 7) is 3.37. The number of aliphatic carboxylic acids is 1. The van der Waals surface area contributed by atoms with Crippen LogP contribution in [0.3, 0.4) is 0 Å². The average molecular weight is 268 g/mol. The van der Waals surface area contributed by atoms with Crippen LogP contribution in [0.1, 0.15) is 45.4 Å². The lowest BCUT2D eigenvalue weighted by molar-refractivity contribution is -0.142. The van der Waals surface area contributed by atoms with Crippen LogP contribution in [-0.2, 0) is 4.79 Å². The van der Waals surface area contributed by atoms with Crippen LogP contribution >= 0.6 is 0 Å². The first kappa shape index (κ1) is 14.2. The van der Waals surface area contributed by atoms with Crippen LogP contribution in [0.2, 0.25) is 0 Å². The van der Waals surface area contributed by atoms with Crippen molar-refractivity contribution in [2.75, 3.05) is 13.1 Å². The molecule has 2 rings (SSSR count). The summed E-state index contributed by atoms with van der Waals surface area (Å²) in [5.41, 5.74) is 0. The zero-order chi connectivity index (χ0) is 13.8. The third kappa shape index (κ3) is 3.01. The molecule has 2 N–H and O–H groups in total. The molecular weight excluding hydrogens is 244 g/mol. The fraction of sp³-hybridized carbons (Fsp3) is 0.857. The Labute approximate surface area is 114 Å². The van der Waals surface area contributed by atoms with E-state index in [1.54, 1.807) is 4.90 Å². The summed E-state index contributed by atoms with van der Waals surface area (Å²) in [6, 6.07) is -0.809. The molecule has 108 valence electrons. The van der Waals surface area contributed by atoms with Crippen molar-refractivity contribution < 1.29 is 14.7 Å². The van der Waals surface area contributed by atoms with E-state index in [1.807, 2.05) is 0 Å². The van der Waals surface area contributed by atoms with Gasteiger partial charge in [0.15, 0.2) is 0 Å². The third-order valence-corrected chi connectivity index (χ3v) is 4.46. The van der Waals surface area contributed by atoms with Gasteiger partial charge in [0.05, 0.1) is 0 Å². The average Bonchev–Trinajstić information content (AvgIpc) is 2.93. The minimum Gasteiger partial charge on any atom is -0.480 e. The lowest BCUT2D eigenvalue weighted by Gasteiger charge is -2.24. The molecule has 5 heteroatoms. The summed E-state index contributed by atoms with van der Waals surface area (Å²) in [4.78, 5) is 25.1. The molecule has 1 heterocycles. The maximum Gasteiger partial charge on any atom is 0.326 e. The normalized spacial score (nSPS) is 29.3. The largest absolute Gasteiger partial charge is 0.480 e. The minimum atomic E-state index is -0.849. The highest BCUT2D eigenvalue weighted by molar-refractivity contribution is 5.83. The van der Waals surface area contributed by atoms with Crippen molar-refractivity contribution in [1.29, 1.82) is 0 Å². The van der Waals surface area contributed by atoms with E-state index in [4.69, 9.17) is 0 Å². The Morgan fingerprint density at radius 1 is 1.32 bits per heavy atom. The van der Waals surface area contributed by atoms with E-state index >= 15 is 0 Å². The molecule has 1 aliphatic heterocycles. The molecule has 0 spiro atoms. The number of hydrogen-bond acceptors (Lipinski definition) is 2. The number of carboxylic acids is 1. The first-order valence-corrected chi connectivity index (χ1v) is 7.42. The van der Waals surface area contributed by atoms with E-state index in [9.17, 15) is 14.7 Å². The summed E-state index contributed by atoms with van der Waals surface area (Å²) < 4.78 is 0. The molecule has 0 aromatic heterocycles. The molecule has 2 amide bonds. The Bertz CT molecular complexity index is 346. The summed E-state index contributed by atoms with van der Waals surface area (Å²) in [6.07, 6.45) is 6.27. The van der Waals surface area contributed by atoms with Gasteiger partial charge >= 0.3 is 12.0 Å².